The van der Waals surface area contributed by atoms with Crippen LogP contribution in [0.2, 0.25) is 0 Å². The van der Waals surface area contributed by atoms with Crippen LogP contribution in [0.5, 0.6) is 0 Å². The number of nitrogens with zero attached hydrogens (tertiary/aromatic N) is 1. The van der Waals surface area contributed by atoms with E-state index in [1.807, 2.05) is 25.1 Å². The number of aromatic nitrogens is 1. The van der Waals surface area contributed by atoms with Crippen molar-refractivity contribution in [3.05, 3.63) is 30.1 Å². The third kappa shape index (κ3) is 3.53. The molecule has 2 unspecified atom stereocenters. The van der Waals surface area contributed by atoms with E-state index in [1.165, 1.54) is 0 Å². The highest BCUT2D eigenvalue weighted by atomic mass is 16.3. The second-order valence-electron chi connectivity index (χ2n) is 3.29. The topological polar surface area (TPSA) is 59.1 Å². The minimum absolute atomic E-state index is 0.163. The third-order valence-electron chi connectivity index (χ3n) is 2.03. The summed E-state index contributed by atoms with van der Waals surface area (Å²) in [6, 6.07) is 5.61. The van der Waals surface area contributed by atoms with Gasteiger partial charge in [0.25, 0.3) is 0 Å². The van der Waals surface area contributed by atoms with Crippen LogP contribution in [0.3, 0.4) is 0 Å². The van der Waals surface area contributed by atoms with Gasteiger partial charge in [0.05, 0.1) is 6.10 Å². The number of pyridine rings is 1. The molecular formula is C10H16N2O. The largest absolute Gasteiger partial charge is 0.392 e. The molecule has 3 nitrogen and oxygen atoms in total. The fourth-order valence-corrected chi connectivity index (χ4v) is 1.10. The molecule has 0 fully saturated rings. The number of hydrogen-bond donors (Lipinski definition) is 2. The van der Waals surface area contributed by atoms with Crippen molar-refractivity contribution in [3.63, 3.8) is 0 Å². The number of aryl methyl sites for hydroxylation is 1. The summed E-state index contributed by atoms with van der Waals surface area (Å²) < 4.78 is 0. The summed E-state index contributed by atoms with van der Waals surface area (Å²) in [7, 11) is 0. The Morgan fingerprint density at radius 3 is 2.85 bits per heavy atom. The van der Waals surface area contributed by atoms with E-state index in [0.29, 0.717) is 6.42 Å². The van der Waals surface area contributed by atoms with Crippen LogP contribution in [0.15, 0.2) is 24.4 Å². The van der Waals surface area contributed by atoms with Crippen LogP contribution in [0.1, 0.15) is 19.0 Å². The molecule has 0 aliphatic rings. The van der Waals surface area contributed by atoms with Crippen LogP contribution in [0, 0.1) is 0 Å². The average Bonchev–Trinajstić information content (AvgIpc) is 2.15. The molecule has 1 aromatic heterocycles. The maximum Gasteiger partial charge on any atom is 0.0692 e. The molecule has 0 aromatic carbocycles. The Kier molecular flexibility index (Phi) is 3.86. The van der Waals surface area contributed by atoms with Gasteiger partial charge in [-0.2, -0.15) is 0 Å². The summed E-state index contributed by atoms with van der Waals surface area (Å²) in [6.45, 7) is 1.81. The van der Waals surface area contributed by atoms with Gasteiger partial charge in [0.15, 0.2) is 0 Å². The molecule has 72 valence electrons. The van der Waals surface area contributed by atoms with Gasteiger partial charge in [-0.1, -0.05) is 6.07 Å². The van der Waals surface area contributed by atoms with Crippen LogP contribution in [0.4, 0.5) is 0 Å². The molecule has 13 heavy (non-hydrogen) atoms. The molecule has 0 radical (unpaired) electrons. The van der Waals surface area contributed by atoms with Crippen molar-refractivity contribution in [2.45, 2.75) is 31.9 Å². The van der Waals surface area contributed by atoms with Gasteiger partial charge in [0.2, 0.25) is 0 Å². The summed E-state index contributed by atoms with van der Waals surface area (Å²) >= 11 is 0. The Labute approximate surface area is 78.6 Å². The minimum Gasteiger partial charge on any atom is -0.392 e. The van der Waals surface area contributed by atoms with Crippen LogP contribution in [0.25, 0.3) is 0 Å². The van der Waals surface area contributed by atoms with Gasteiger partial charge in [-0.25, -0.2) is 0 Å². The highest BCUT2D eigenvalue weighted by molar-refractivity contribution is 5.03. The zero-order valence-corrected chi connectivity index (χ0v) is 7.85. The van der Waals surface area contributed by atoms with Gasteiger partial charge in [-0.15, -0.1) is 0 Å². The zero-order valence-electron chi connectivity index (χ0n) is 7.85. The van der Waals surface area contributed by atoms with Crippen molar-refractivity contribution in [3.8, 4) is 0 Å². The van der Waals surface area contributed by atoms with Crippen molar-refractivity contribution in [1.82, 2.24) is 4.98 Å². The minimum atomic E-state index is -0.429. The fraction of sp³-hybridized carbons (Fsp3) is 0.500. The van der Waals surface area contributed by atoms with Crippen molar-refractivity contribution in [2.24, 2.45) is 5.73 Å². The van der Waals surface area contributed by atoms with Gasteiger partial charge < -0.3 is 10.8 Å². The van der Waals surface area contributed by atoms with Crippen molar-refractivity contribution >= 4 is 0 Å². The molecule has 1 heterocycles. The first kappa shape index (κ1) is 10.2. The summed E-state index contributed by atoms with van der Waals surface area (Å²) in [5.74, 6) is 0. The molecule has 2 atom stereocenters. The van der Waals surface area contributed by atoms with Gasteiger partial charge in [-0.3, -0.25) is 4.98 Å². The first-order valence-electron chi connectivity index (χ1n) is 4.53. The number of hydrogen-bond acceptors (Lipinski definition) is 3. The van der Waals surface area contributed by atoms with E-state index in [2.05, 4.69) is 4.98 Å². The third-order valence-corrected chi connectivity index (χ3v) is 2.03. The fourth-order valence-electron chi connectivity index (χ4n) is 1.10. The highest BCUT2D eigenvalue weighted by Gasteiger charge is 2.09. The molecule has 1 aromatic rings. The molecule has 3 heteroatoms. The van der Waals surface area contributed by atoms with E-state index >= 15 is 0 Å². The lowest BCUT2D eigenvalue weighted by molar-refractivity contribution is 0.141. The Morgan fingerprint density at radius 2 is 2.31 bits per heavy atom. The van der Waals surface area contributed by atoms with Crippen LogP contribution < -0.4 is 5.73 Å². The van der Waals surface area contributed by atoms with E-state index in [0.717, 1.165) is 12.1 Å². The quantitative estimate of drug-likeness (QED) is 0.718. The van der Waals surface area contributed by atoms with Crippen molar-refractivity contribution in [2.75, 3.05) is 0 Å². The van der Waals surface area contributed by atoms with E-state index in [-0.39, 0.29) is 6.04 Å². The van der Waals surface area contributed by atoms with Crippen LogP contribution in [-0.4, -0.2) is 22.2 Å². The molecule has 0 amide bonds. The monoisotopic (exact) mass is 180 g/mol. The van der Waals surface area contributed by atoms with E-state index in [4.69, 9.17) is 5.73 Å². The normalized spacial score (nSPS) is 15.3. The van der Waals surface area contributed by atoms with E-state index in [9.17, 15) is 5.11 Å². The molecule has 1 rings (SSSR count). The second-order valence-corrected chi connectivity index (χ2v) is 3.29. The predicted molar refractivity (Wildman–Crippen MR) is 52.2 cm³/mol. The Balaban J connectivity index is 2.35. The second kappa shape index (κ2) is 4.94. The maximum absolute atomic E-state index is 9.43. The van der Waals surface area contributed by atoms with Gasteiger partial charge >= 0.3 is 0 Å². The first-order chi connectivity index (χ1) is 6.20. The number of rotatable bonds is 4. The molecule has 0 aliphatic heterocycles. The molecule has 0 aliphatic carbocycles. The molecule has 0 saturated carbocycles. The highest BCUT2D eigenvalue weighted by Crippen LogP contribution is 2.03. The summed E-state index contributed by atoms with van der Waals surface area (Å²) in [6.07, 6.45) is 2.79. The number of aliphatic hydroxyl groups is 1. The summed E-state index contributed by atoms with van der Waals surface area (Å²) in [5, 5.41) is 9.43. The smallest absolute Gasteiger partial charge is 0.0692 e. The SMILES string of the molecule is CC(N)C(O)CCc1ccccn1. The van der Waals surface area contributed by atoms with Gasteiger partial charge in [0, 0.05) is 17.9 Å². The lowest BCUT2D eigenvalue weighted by Crippen LogP contribution is -2.31. The number of aliphatic hydroxyl groups excluding tert-OH is 1. The number of nitrogens with two attached hydrogens (primary N) is 1. The lowest BCUT2D eigenvalue weighted by Gasteiger charge is -2.13. The summed E-state index contributed by atoms with van der Waals surface area (Å²) in [4.78, 5) is 4.16. The molecular weight excluding hydrogens is 164 g/mol. The van der Waals surface area contributed by atoms with Crippen molar-refractivity contribution < 1.29 is 5.11 Å². The van der Waals surface area contributed by atoms with E-state index in [1.54, 1.807) is 6.20 Å². The zero-order chi connectivity index (χ0) is 9.68. The Hall–Kier alpha value is -0.930. The van der Waals surface area contributed by atoms with Crippen LogP contribution in [-0.2, 0) is 6.42 Å². The molecule has 0 saturated heterocycles. The van der Waals surface area contributed by atoms with Crippen molar-refractivity contribution in [1.29, 1.82) is 0 Å². The standard InChI is InChI=1S/C10H16N2O/c1-8(11)10(13)6-5-9-4-2-3-7-12-9/h2-4,7-8,10,13H,5-6,11H2,1H3. The molecule has 0 spiro atoms. The van der Waals surface area contributed by atoms with Crippen LogP contribution >= 0.6 is 0 Å². The summed E-state index contributed by atoms with van der Waals surface area (Å²) in [5.41, 5.74) is 6.53. The van der Waals surface area contributed by atoms with Gasteiger partial charge in [0.1, 0.15) is 0 Å². The average molecular weight is 180 g/mol. The first-order valence-corrected chi connectivity index (χ1v) is 4.53. The van der Waals surface area contributed by atoms with Gasteiger partial charge in [-0.05, 0) is 31.9 Å². The molecule has 3 N–H and O–H groups in total. The molecule has 0 bridgehead atoms. The van der Waals surface area contributed by atoms with E-state index < -0.39 is 6.10 Å². The maximum atomic E-state index is 9.43. The lowest BCUT2D eigenvalue weighted by atomic mass is 10.1. The Bertz CT molecular complexity index is 236. The predicted octanol–water partition coefficient (Wildman–Crippen LogP) is 0.722. The Morgan fingerprint density at radius 1 is 1.54 bits per heavy atom.